The lowest BCUT2D eigenvalue weighted by Crippen LogP contribution is -2.38. The molecule has 34 heavy (non-hydrogen) atoms. The first kappa shape index (κ1) is 30.8. The normalized spacial score (nSPS) is 15.2. The first-order valence-electron chi connectivity index (χ1n) is 11.8. The Morgan fingerprint density at radius 2 is 1.94 bits per heavy atom. The fraction of sp³-hybridized carbons (Fsp3) is 0.615. The van der Waals surface area contributed by atoms with Crippen LogP contribution in [0.5, 0.6) is 0 Å². The molecule has 0 radical (unpaired) electrons. The van der Waals surface area contributed by atoms with Crippen LogP contribution in [0.1, 0.15) is 83.8 Å². The van der Waals surface area contributed by atoms with Crippen LogP contribution in [0.2, 0.25) is 0 Å². The molecule has 5 nitrogen and oxygen atoms in total. The van der Waals surface area contributed by atoms with Gasteiger partial charge in [0.2, 0.25) is 0 Å². The van der Waals surface area contributed by atoms with Crippen molar-refractivity contribution >= 4 is 63.1 Å². The number of hydrogen-bond acceptors (Lipinski definition) is 7. The summed E-state index contributed by atoms with van der Waals surface area (Å²) in [6.07, 6.45) is 11.6. The Bertz CT molecular complexity index is 863. The highest BCUT2D eigenvalue weighted by molar-refractivity contribution is 9.10. The summed E-state index contributed by atoms with van der Waals surface area (Å²) in [6, 6.07) is 0. The van der Waals surface area contributed by atoms with Gasteiger partial charge in [0, 0.05) is 17.4 Å². The Kier molecular flexibility index (Phi) is 14.2. The van der Waals surface area contributed by atoms with Crippen molar-refractivity contribution in [1.29, 1.82) is 0 Å². The second kappa shape index (κ2) is 15.7. The van der Waals surface area contributed by atoms with Crippen molar-refractivity contribution in [3.05, 3.63) is 34.0 Å². The zero-order valence-electron chi connectivity index (χ0n) is 21.1. The van der Waals surface area contributed by atoms with E-state index in [0.717, 1.165) is 36.3 Å². The summed E-state index contributed by atoms with van der Waals surface area (Å²) in [7, 11) is 0. The number of esters is 1. The van der Waals surface area contributed by atoms with Crippen molar-refractivity contribution in [2.75, 3.05) is 0 Å². The summed E-state index contributed by atoms with van der Waals surface area (Å²) < 4.78 is 4.93. The molecule has 0 aliphatic heterocycles. The van der Waals surface area contributed by atoms with Gasteiger partial charge in [-0.25, -0.2) is 4.98 Å². The van der Waals surface area contributed by atoms with Crippen LogP contribution < -0.4 is 0 Å². The average Bonchev–Trinajstić information content (AvgIpc) is 3.20. The molecule has 0 saturated heterocycles. The van der Waals surface area contributed by atoms with Crippen LogP contribution >= 0.6 is 39.0 Å². The zero-order chi connectivity index (χ0) is 25.7. The number of thiazole rings is 1. The maximum absolute atomic E-state index is 13.1. The minimum absolute atomic E-state index is 0.0721. The predicted molar refractivity (Wildman–Crippen MR) is 148 cm³/mol. The van der Waals surface area contributed by atoms with Crippen LogP contribution in [0.25, 0.3) is 6.08 Å². The Balaban J connectivity index is 2.83. The summed E-state index contributed by atoms with van der Waals surface area (Å²) in [6.45, 7) is 11.3. The minimum Gasteiger partial charge on any atom is -0.430 e. The maximum Gasteiger partial charge on any atom is 0.324 e. The lowest BCUT2D eigenvalue weighted by atomic mass is 10.0. The molecule has 0 aliphatic rings. The van der Waals surface area contributed by atoms with Crippen molar-refractivity contribution in [2.24, 2.45) is 5.92 Å². The van der Waals surface area contributed by atoms with E-state index in [-0.39, 0.29) is 22.5 Å². The van der Waals surface area contributed by atoms with Crippen LogP contribution in [-0.2, 0) is 19.1 Å². The summed E-state index contributed by atoms with van der Waals surface area (Å²) in [5.74, 6) is 0.302. The molecule has 0 fully saturated rings. The molecule has 0 spiro atoms. The quantitative estimate of drug-likeness (QED) is 0.0516. The van der Waals surface area contributed by atoms with E-state index < -0.39 is 10.00 Å². The first-order chi connectivity index (χ1) is 16.0. The Labute approximate surface area is 221 Å². The van der Waals surface area contributed by atoms with Crippen LogP contribution in [0.4, 0.5) is 0 Å². The monoisotopic (exact) mass is 571 g/mol. The molecule has 8 heteroatoms. The number of aryl methyl sites for hydroxylation is 1. The van der Waals surface area contributed by atoms with Gasteiger partial charge < -0.3 is 9.53 Å². The molecule has 0 saturated carbocycles. The summed E-state index contributed by atoms with van der Waals surface area (Å²) >= 11 is 6.37. The van der Waals surface area contributed by atoms with Gasteiger partial charge in [-0.1, -0.05) is 41.9 Å². The second-order valence-electron chi connectivity index (χ2n) is 8.92. The second-order valence-corrected chi connectivity index (χ2v) is 12.9. The summed E-state index contributed by atoms with van der Waals surface area (Å²) in [5, 5.41) is 2.39. The van der Waals surface area contributed by atoms with Gasteiger partial charge in [0.1, 0.15) is 17.3 Å². The number of carbonyl (C=O) groups is 3. The molecular weight excluding hydrogens is 534 g/mol. The van der Waals surface area contributed by atoms with Gasteiger partial charge in [-0.05, 0) is 66.2 Å². The van der Waals surface area contributed by atoms with E-state index in [4.69, 9.17) is 4.74 Å². The highest BCUT2D eigenvalue weighted by Crippen LogP contribution is 2.35. The Morgan fingerprint density at radius 1 is 1.26 bits per heavy atom. The summed E-state index contributed by atoms with van der Waals surface area (Å²) in [5.41, 5.74) is 0.768. The molecule has 1 rings (SSSR count). The van der Waals surface area contributed by atoms with Crippen LogP contribution in [0.3, 0.4) is 0 Å². The molecule has 0 amide bonds. The van der Waals surface area contributed by atoms with Gasteiger partial charge in [0.15, 0.2) is 5.78 Å². The number of nitrogens with zero attached hydrogens (tertiary/aromatic N) is 1. The standard InChI is InChI=1S/C26H38BrNO4S2/c1-7-22(27)24(30)26(5,6)34-23(14-12-10-8-9-11-13-18(2)16-29)25(31)32-19(3)15-21-17-33-20(4)28-21/h8,10,15-18,22-23H,7,9,11-14H2,1-6H3/t18-,22?,23?/m0/s1. The van der Waals surface area contributed by atoms with E-state index >= 15 is 0 Å². The Morgan fingerprint density at radius 3 is 2.53 bits per heavy atom. The molecule has 0 bridgehead atoms. The number of rotatable bonds is 16. The molecule has 2 unspecified atom stereocenters. The molecule has 190 valence electrons. The number of unbranched alkanes of at least 4 members (excludes halogenated alkanes) is 1. The number of aromatic nitrogens is 1. The first-order valence-corrected chi connectivity index (χ1v) is 14.5. The third kappa shape index (κ3) is 11.5. The fourth-order valence-electron chi connectivity index (χ4n) is 3.22. The highest BCUT2D eigenvalue weighted by Gasteiger charge is 2.37. The zero-order valence-corrected chi connectivity index (χ0v) is 24.4. The number of ketones is 1. The SMILES string of the molecule is CCC(Br)C(=O)C(C)(C)SC(CCC=CCCC[C@H](C)C=O)C(=O)OC(C)=Cc1csc(C)n1. The molecule has 0 aliphatic carbocycles. The van der Waals surface area contributed by atoms with Gasteiger partial charge in [-0.15, -0.1) is 23.1 Å². The number of halogens is 1. The molecule has 3 atom stereocenters. The minimum atomic E-state index is -0.730. The number of ether oxygens (including phenoxy) is 1. The maximum atomic E-state index is 13.1. The van der Waals surface area contributed by atoms with E-state index in [1.54, 1.807) is 24.3 Å². The van der Waals surface area contributed by atoms with E-state index in [2.05, 4.69) is 33.1 Å². The molecule has 0 N–H and O–H groups in total. The molecular formula is C26H38BrNO4S2. The smallest absolute Gasteiger partial charge is 0.324 e. The van der Waals surface area contributed by atoms with Crippen molar-refractivity contribution < 1.29 is 19.1 Å². The lowest BCUT2D eigenvalue weighted by Gasteiger charge is -2.28. The molecule has 1 aromatic heterocycles. The lowest BCUT2D eigenvalue weighted by molar-refractivity contribution is -0.138. The molecule has 1 aromatic rings. The number of Topliss-reactive ketones (excluding diaryl/α,β-unsaturated/α-hetero) is 1. The number of alkyl halides is 1. The van der Waals surface area contributed by atoms with E-state index in [1.807, 2.05) is 40.0 Å². The van der Waals surface area contributed by atoms with Crippen LogP contribution in [-0.4, -0.2) is 37.8 Å². The third-order valence-corrected chi connectivity index (χ3v) is 8.57. The fourth-order valence-corrected chi connectivity index (χ4v) is 5.88. The van der Waals surface area contributed by atoms with E-state index in [9.17, 15) is 14.4 Å². The van der Waals surface area contributed by atoms with Crippen molar-refractivity contribution in [3.8, 4) is 0 Å². The average molecular weight is 573 g/mol. The van der Waals surface area contributed by atoms with Gasteiger partial charge in [-0.2, -0.15) is 0 Å². The van der Waals surface area contributed by atoms with Gasteiger partial charge in [-0.3, -0.25) is 9.59 Å². The van der Waals surface area contributed by atoms with E-state index in [1.165, 1.54) is 11.8 Å². The van der Waals surface area contributed by atoms with Crippen molar-refractivity contribution in [2.45, 2.75) is 94.9 Å². The number of thioether (sulfide) groups is 1. The van der Waals surface area contributed by atoms with Crippen LogP contribution in [0, 0.1) is 12.8 Å². The van der Waals surface area contributed by atoms with Crippen LogP contribution in [0.15, 0.2) is 23.3 Å². The highest BCUT2D eigenvalue weighted by atomic mass is 79.9. The number of carbonyl (C=O) groups excluding carboxylic acids is 3. The Hall–Kier alpha value is -1.25. The number of hydrogen-bond donors (Lipinski definition) is 0. The van der Waals surface area contributed by atoms with Crippen molar-refractivity contribution in [3.63, 3.8) is 0 Å². The predicted octanol–water partition coefficient (Wildman–Crippen LogP) is 7.32. The van der Waals surface area contributed by atoms with E-state index in [0.29, 0.717) is 25.0 Å². The third-order valence-electron chi connectivity index (χ3n) is 5.21. The van der Waals surface area contributed by atoms with Gasteiger partial charge in [0.05, 0.1) is 20.3 Å². The van der Waals surface area contributed by atoms with Crippen molar-refractivity contribution in [1.82, 2.24) is 4.98 Å². The largest absolute Gasteiger partial charge is 0.430 e. The number of aldehydes is 1. The topological polar surface area (TPSA) is 73.3 Å². The summed E-state index contributed by atoms with van der Waals surface area (Å²) in [4.78, 5) is 40.8. The molecule has 0 aromatic carbocycles. The molecule has 1 heterocycles. The van der Waals surface area contributed by atoms with Gasteiger partial charge in [0.25, 0.3) is 0 Å². The number of allylic oxidation sites excluding steroid dienone is 3. The van der Waals surface area contributed by atoms with Gasteiger partial charge >= 0.3 is 5.97 Å².